The van der Waals surface area contributed by atoms with Crippen molar-refractivity contribution in [1.29, 1.82) is 0 Å². The molecule has 1 aliphatic heterocycles. The Balaban J connectivity index is 1.73. The van der Waals surface area contributed by atoms with Crippen LogP contribution in [0.3, 0.4) is 0 Å². The number of aryl methyl sites for hydroxylation is 2. The van der Waals surface area contributed by atoms with Gasteiger partial charge in [0.1, 0.15) is 0 Å². The zero-order valence-electron chi connectivity index (χ0n) is 16.6. The van der Waals surface area contributed by atoms with Crippen LogP contribution in [0.25, 0.3) is 21.9 Å². The number of nitrogens with zero attached hydrogens (tertiary/aromatic N) is 3. The lowest BCUT2D eigenvalue weighted by Gasteiger charge is -2.32. The van der Waals surface area contributed by atoms with Crippen LogP contribution < -0.4 is 5.56 Å². The maximum Gasteiger partial charge on any atom is 0.258 e. The predicted octanol–water partition coefficient (Wildman–Crippen LogP) is 2.90. The molecule has 0 saturated carbocycles. The molecule has 5 nitrogen and oxygen atoms in total. The Hall–Kier alpha value is -2.92. The summed E-state index contributed by atoms with van der Waals surface area (Å²) in [5.41, 5.74) is 3.72. The predicted molar refractivity (Wildman–Crippen MR) is 113 cm³/mol. The monoisotopic (exact) mass is 375 g/mol. The second-order valence-electron chi connectivity index (χ2n) is 7.63. The number of aromatic nitrogens is 1. The zero-order chi connectivity index (χ0) is 19.8. The van der Waals surface area contributed by atoms with Crippen molar-refractivity contribution < 1.29 is 4.79 Å². The highest BCUT2D eigenvalue weighted by molar-refractivity contribution is 5.99. The third kappa shape index (κ3) is 3.22. The molecule has 1 amide bonds. The number of fused-ring (bicyclic) bond motifs is 1. The van der Waals surface area contributed by atoms with Crippen LogP contribution >= 0.6 is 0 Å². The molecule has 1 aliphatic rings. The number of hydrogen-bond donors (Lipinski definition) is 0. The minimum Gasteiger partial charge on any atom is -0.336 e. The van der Waals surface area contributed by atoms with Crippen molar-refractivity contribution in [3.05, 3.63) is 70.1 Å². The van der Waals surface area contributed by atoms with E-state index in [-0.39, 0.29) is 11.5 Å². The van der Waals surface area contributed by atoms with Crippen molar-refractivity contribution in [2.75, 3.05) is 33.2 Å². The van der Waals surface area contributed by atoms with Gasteiger partial charge >= 0.3 is 0 Å². The van der Waals surface area contributed by atoms with Crippen molar-refractivity contribution in [2.45, 2.75) is 6.92 Å². The number of amides is 1. The van der Waals surface area contributed by atoms with Crippen LogP contribution in [0.1, 0.15) is 15.9 Å². The largest absolute Gasteiger partial charge is 0.336 e. The molecule has 1 aromatic heterocycles. The van der Waals surface area contributed by atoms with E-state index < -0.39 is 0 Å². The summed E-state index contributed by atoms with van der Waals surface area (Å²) >= 11 is 0. The summed E-state index contributed by atoms with van der Waals surface area (Å²) in [5.74, 6) is 0.0995. The third-order valence-electron chi connectivity index (χ3n) is 5.65. The standard InChI is InChI=1S/C23H25N3O2/c1-16-14-17(8-9-18(16)23(28)26-12-10-24(2)11-13-26)21-15-25(3)22(27)20-7-5-4-6-19(20)21/h4-9,14-15H,10-13H2,1-3H3. The van der Waals surface area contributed by atoms with E-state index in [9.17, 15) is 9.59 Å². The van der Waals surface area contributed by atoms with Crippen molar-refractivity contribution >= 4 is 16.7 Å². The van der Waals surface area contributed by atoms with Gasteiger partial charge < -0.3 is 14.4 Å². The number of hydrogen-bond acceptors (Lipinski definition) is 3. The molecule has 0 N–H and O–H groups in total. The van der Waals surface area contributed by atoms with Gasteiger partial charge in [-0.1, -0.05) is 30.3 Å². The number of likely N-dealkylation sites (N-methyl/N-ethyl adjacent to an activating group) is 1. The highest BCUT2D eigenvalue weighted by atomic mass is 16.2. The first-order valence-electron chi connectivity index (χ1n) is 9.63. The average Bonchev–Trinajstić information content (AvgIpc) is 2.71. The van der Waals surface area contributed by atoms with E-state index in [1.165, 1.54) is 0 Å². The maximum absolute atomic E-state index is 12.9. The molecule has 5 heteroatoms. The van der Waals surface area contributed by atoms with Crippen LogP contribution in [-0.2, 0) is 7.05 Å². The number of rotatable bonds is 2. The third-order valence-corrected chi connectivity index (χ3v) is 5.65. The van der Waals surface area contributed by atoms with E-state index in [2.05, 4.69) is 18.0 Å². The number of piperazine rings is 1. The van der Waals surface area contributed by atoms with E-state index in [1.54, 1.807) is 11.6 Å². The Morgan fingerprint density at radius 2 is 1.61 bits per heavy atom. The molecule has 2 aromatic carbocycles. The Kier molecular flexibility index (Phi) is 4.77. The Bertz CT molecular complexity index is 1110. The summed E-state index contributed by atoms with van der Waals surface area (Å²) < 4.78 is 1.62. The van der Waals surface area contributed by atoms with E-state index in [1.807, 2.05) is 54.4 Å². The summed E-state index contributed by atoms with van der Waals surface area (Å²) in [6.07, 6.45) is 1.88. The number of pyridine rings is 1. The molecule has 28 heavy (non-hydrogen) atoms. The molecule has 0 unspecified atom stereocenters. The fourth-order valence-electron chi connectivity index (χ4n) is 3.90. The van der Waals surface area contributed by atoms with E-state index >= 15 is 0 Å². The van der Waals surface area contributed by atoms with E-state index in [0.717, 1.165) is 53.8 Å². The second kappa shape index (κ2) is 7.24. The van der Waals surface area contributed by atoms with Gasteiger partial charge in [0, 0.05) is 55.9 Å². The van der Waals surface area contributed by atoms with Gasteiger partial charge in [-0.05, 0) is 42.6 Å². The summed E-state index contributed by atoms with van der Waals surface area (Å²) in [6.45, 7) is 5.33. The topological polar surface area (TPSA) is 45.6 Å². The molecule has 0 spiro atoms. The van der Waals surface area contributed by atoms with Gasteiger partial charge in [-0.25, -0.2) is 0 Å². The van der Waals surface area contributed by atoms with Gasteiger partial charge in [-0.3, -0.25) is 9.59 Å². The normalized spacial score (nSPS) is 15.2. The minimum atomic E-state index is -0.00191. The lowest BCUT2D eigenvalue weighted by Crippen LogP contribution is -2.47. The van der Waals surface area contributed by atoms with Crippen molar-refractivity contribution in [3.8, 4) is 11.1 Å². The van der Waals surface area contributed by atoms with Gasteiger partial charge in [0.15, 0.2) is 0 Å². The molecule has 4 rings (SSSR count). The van der Waals surface area contributed by atoms with E-state index in [0.29, 0.717) is 5.39 Å². The van der Waals surface area contributed by atoms with Crippen LogP contribution in [0.15, 0.2) is 53.5 Å². The Labute approximate surface area is 164 Å². The summed E-state index contributed by atoms with van der Waals surface area (Å²) in [4.78, 5) is 29.6. The SMILES string of the molecule is Cc1cc(-c2cn(C)c(=O)c3ccccc23)ccc1C(=O)N1CCN(C)CC1. The zero-order valence-corrected chi connectivity index (χ0v) is 16.6. The van der Waals surface area contributed by atoms with Gasteiger partial charge in [-0.2, -0.15) is 0 Å². The fraction of sp³-hybridized carbons (Fsp3) is 0.304. The summed E-state index contributed by atoms with van der Waals surface area (Å²) in [7, 11) is 3.86. The van der Waals surface area contributed by atoms with Crippen LogP contribution in [0.2, 0.25) is 0 Å². The van der Waals surface area contributed by atoms with Gasteiger partial charge in [0.25, 0.3) is 11.5 Å². The fourth-order valence-corrected chi connectivity index (χ4v) is 3.90. The van der Waals surface area contributed by atoms with Crippen molar-refractivity contribution in [3.63, 3.8) is 0 Å². The quantitative estimate of drug-likeness (QED) is 0.692. The maximum atomic E-state index is 12.9. The minimum absolute atomic E-state index is 0.00191. The van der Waals surface area contributed by atoms with Crippen LogP contribution in [0, 0.1) is 6.92 Å². The Morgan fingerprint density at radius 1 is 0.929 bits per heavy atom. The lowest BCUT2D eigenvalue weighted by molar-refractivity contribution is 0.0663. The van der Waals surface area contributed by atoms with Gasteiger partial charge in [0.05, 0.1) is 0 Å². The molecule has 2 heterocycles. The van der Waals surface area contributed by atoms with Gasteiger partial charge in [0.2, 0.25) is 0 Å². The first-order valence-corrected chi connectivity index (χ1v) is 9.63. The lowest BCUT2D eigenvalue weighted by atomic mass is 9.96. The summed E-state index contributed by atoms with van der Waals surface area (Å²) in [5, 5.41) is 1.64. The molecule has 144 valence electrons. The van der Waals surface area contributed by atoms with Crippen molar-refractivity contribution in [2.24, 2.45) is 7.05 Å². The molecular weight excluding hydrogens is 350 g/mol. The highest BCUT2D eigenvalue weighted by Gasteiger charge is 2.22. The molecule has 0 atom stereocenters. The van der Waals surface area contributed by atoms with Gasteiger partial charge in [-0.15, -0.1) is 0 Å². The second-order valence-corrected chi connectivity index (χ2v) is 7.63. The van der Waals surface area contributed by atoms with Crippen molar-refractivity contribution in [1.82, 2.24) is 14.4 Å². The average molecular weight is 375 g/mol. The van der Waals surface area contributed by atoms with E-state index in [4.69, 9.17) is 0 Å². The number of benzene rings is 2. The first-order chi connectivity index (χ1) is 13.5. The number of carbonyl (C=O) groups is 1. The summed E-state index contributed by atoms with van der Waals surface area (Å²) in [6, 6.07) is 13.6. The first kappa shape index (κ1) is 18.4. The molecule has 3 aromatic rings. The highest BCUT2D eigenvalue weighted by Crippen LogP contribution is 2.28. The van der Waals surface area contributed by atoms with Crippen LogP contribution in [-0.4, -0.2) is 53.5 Å². The molecular formula is C23H25N3O2. The van der Waals surface area contributed by atoms with Crippen LogP contribution in [0.5, 0.6) is 0 Å². The Morgan fingerprint density at radius 3 is 2.29 bits per heavy atom. The smallest absolute Gasteiger partial charge is 0.258 e. The number of carbonyl (C=O) groups excluding carboxylic acids is 1. The molecule has 1 saturated heterocycles. The van der Waals surface area contributed by atoms with Crippen LogP contribution in [0.4, 0.5) is 0 Å². The molecule has 0 aliphatic carbocycles. The molecule has 0 radical (unpaired) electrons. The molecule has 0 bridgehead atoms. The molecule has 1 fully saturated rings.